The summed E-state index contributed by atoms with van der Waals surface area (Å²) >= 11 is 0. The van der Waals surface area contributed by atoms with Crippen molar-refractivity contribution in [2.24, 2.45) is 9.98 Å². The Bertz CT molecular complexity index is 1300. The number of hydrogen-bond donors (Lipinski definition) is 2. The Kier molecular flexibility index (Phi) is 9.59. The topological polar surface area (TPSA) is 86.9 Å². The number of rotatable bonds is 8. The maximum absolute atomic E-state index is 11.2. The summed E-state index contributed by atoms with van der Waals surface area (Å²) in [5, 5.41) is 22.5. The Morgan fingerprint density at radius 1 is 0.762 bits per heavy atom. The lowest BCUT2D eigenvalue weighted by Gasteiger charge is -2.28. The fourth-order valence-electron chi connectivity index (χ4n) is 5.50. The molecule has 2 aliphatic rings. The van der Waals surface area contributed by atoms with E-state index in [0.717, 1.165) is 54.5 Å². The zero-order chi connectivity index (χ0) is 30.9. The Balaban J connectivity index is 1.61. The first-order valence-electron chi connectivity index (χ1n) is 15.5. The van der Waals surface area contributed by atoms with Gasteiger partial charge in [-0.25, -0.2) is 0 Å². The second-order valence-corrected chi connectivity index (χ2v) is 15.2. The van der Waals surface area contributed by atoms with Crippen LogP contribution < -0.4 is 0 Å². The molecule has 2 aromatic rings. The summed E-state index contributed by atoms with van der Waals surface area (Å²) < 4.78 is 11.1. The van der Waals surface area contributed by atoms with Crippen molar-refractivity contribution < 1.29 is 19.7 Å². The van der Waals surface area contributed by atoms with Crippen molar-refractivity contribution in [3.05, 3.63) is 57.6 Å². The normalized spacial score (nSPS) is 21.9. The molecule has 4 rings (SSSR count). The number of ether oxygens (including phenoxy) is 2. The van der Waals surface area contributed by atoms with Crippen LogP contribution in [-0.4, -0.2) is 54.0 Å². The van der Waals surface area contributed by atoms with Gasteiger partial charge in [0.2, 0.25) is 0 Å². The number of aromatic hydroxyl groups is 2. The smallest absolute Gasteiger partial charge is 0.128 e. The van der Waals surface area contributed by atoms with Crippen molar-refractivity contribution in [3.63, 3.8) is 0 Å². The Morgan fingerprint density at radius 2 is 1.26 bits per heavy atom. The minimum atomic E-state index is -0.227. The predicted octanol–water partition coefficient (Wildman–Crippen LogP) is 7.75. The molecule has 2 N–H and O–H groups in total. The first-order valence-corrected chi connectivity index (χ1v) is 15.5. The van der Waals surface area contributed by atoms with Gasteiger partial charge >= 0.3 is 0 Å². The standard InChI is InChI=1S/C36H52N2O4/c1-34(2,3)26-16-25(33(40)29(17-26)36(7,8)9)19-38-31-13-11-10-12-30(31)37-18-24-14-23(20-41-21-27-22-42-27)15-28(32(24)39)35(4,5)6/h14-19,27,30-31,39-40H,10-13,20-22H2,1-9H3/t27?,30-,31-/m1/s1. The zero-order valence-corrected chi connectivity index (χ0v) is 27.3. The number of epoxide rings is 1. The summed E-state index contributed by atoms with van der Waals surface area (Å²) in [4.78, 5) is 10.0. The van der Waals surface area contributed by atoms with Gasteiger partial charge in [-0.1, -0.05) is 81.2 Å². The maximum Gasteiger partial charge on any atom is 0.128 e. The summed E-state index contributed by atoms with van der Waals surface area (Å²) in [6, 6.07) is 8.25. The Labute approximate surface area is 253 Å². The first-order chi connectivity index (χ1) is 19.5. The number of hydrogen-bond acceptors (Lipinski definition) is 6. The van der Waals surface area contributed by atoms with E-state index in [1.165, 1.54) is 5.56 Å². The molecular weight excluding hydrogens is 524 g/mol. The second kappa shape index (κ2) is 12.5. The molecule has 0 spiro atoms. The van der Waals surface area contributed by atoms with E-state index in [1.807, 2.05) is 24.6 Å². The van der Waals surface area contributed by atoms with E-state index in [-0.39, 0.29) is 40.2 Å². The average Bonchev–Trinajstić information content (AvgIpc) is 3.71. The summed E-state index contributed by atoms with van der Waals surface area (Å²) in [6.45, 7) is 21.1. The molecule has 42 heavy (non-hydrogen) atoms. The van der Waals surface area contributed by atoms with Gasteiger partial charge in [0.1, 0.15) is 17.6 Å². The molecule has 1 aliphatic heterocycles. The van der Waals surface area contributed by atoms with Crippen molar-refractivity contribution in [3.8, 4) is 11.5 Å². The van der Waals surface area contributed by atoms with E-state index in [0.29, 0.717) is 24.5 Å². The van der Waals surface area contributed by atoms with Crippen LogP contribution in [0.2, 0.25) is 0 Å². The van der Waals surface area contributed by atoms with Gasteiger partial charge in [0.05, 0.1) is 31.9 Å². The second-order valence-electron chi connectivity index (χ2n) is 15.2. The van der Waals surface area contributed by atoms with Crippen LogP contribution in [0.3, 0.4) is 0 Å². The lowest BCUT2D eigenvalue weighted by molar-refractivity contribution is 0.104. The molecule has 0 aromatic heterocycles. The third kappa shape index (κ3) is 8.23. The van der Waals surface area contributed by atoms with Crippen LogP contribution in [0.1, 0.15) is 121 Å². The molecule has 0 amide bonds. The van der Waals surface area contributed by atoms with E-state index in [9.17, 15) is 10.2 Å². The fourth-order valence-corrected chi connectivity index (χ4v) is 5.50. The van der Waals surface area contributed by atoms with E-state index in [4.69, 9.17) is 19.5 Å². The molecule has 0 bridgehead atoms. The van der Waals surface area contributed by atoms with Crippen molar-refractivity contribution in [1.82, 2.24) is 0 Å². The maximum atomic E-state index is 11.2. The molecule has 3 atom stereocenters. The SMILES string of the molecule is CC(C)(C)c1cc(C=N[C@@H]2CCCC[C@H]2N=Cc2cc(COCC3CO3)cc(C(C)(C)C)c2O)c(O)c(C(C)(C)C)c1. The summed E-state index contributed by atoms with van der Waals surface area (Å²) in [6.07, 6.45) is 7.99. The number of phenols is 2. The molecule has 1 saturated carbocycles. The lowest BCUT2D eigenvalue weighted by atomic mass is 9.79. The van der Waals surface area contributed by atoms with Gasteiger partial charge in [0, 0.05) is 34.7 Å². The number of benzene rings is 2. The van der Waals surface area contributed by atoms with Crippen molar-refractivity contribution >= 4 is 12.4 Å². The lowest BCUT2D eigenvalue weighted by Crippen LogP contribution is -2.27. The molecule has 0 radical (unpaired) electrons. The van der Waals surface area contributed by atoms with Crippen LogP contribution in [0.5, 0.6) is 11.5 Å². The summed E-state index contributed by atoms with van der Waals surface area (Å²) in [5.41, 5.74) is 5.03. The van der Waals surface area contributed by atoms with Crippen LogP contribution in [0.25, 0.3) is 0 Å². The average molecular weight is 577 g/mol. The largest absolute Gasteiger partial charge is 0.507 e. The molecule has 2 fully saturated rings. The van der Waals surface area contributed by atoms with E-state index in [2.05, 4.69) is 74.4 Å². The molecule has 6 nitrogen and oxygen atoms in total. The highest BCUT2D eigenvalue weighted by Gasteiger charge is 2.27. The summed E-state index contributed by atoms with van der Waals surface area (Å²) in [7, 11) is 0. The Hall–Kier alpha value is -2.70. The molecule has 1 heterocycles. The quantitative estimate of drug-likeness (QED) is 0.248. The van der Waals surface area contributed by atoms with E-state index < -0.39 is 0 Å². The van der Waals surface area contributed by atoms with Crippen molar-refractivity contribution in [2.75, 3.05) is 13.2 Å². The monoisotopic (exact) mass is 576 g/mol. The minimum absolute atomic E-state index is 0.00874. The highest BCUT2D eigenvalue weighted by Crippen LogP contribution is 2.38. The summed E-state index contributed by atoms with van der Waals surface area (Å²) in [5.74, 6) is 0.581. The molecule has 1 aliphatic carbocycles. The van der Waals surface area contributed by atoms with Gasteiger partial charge in [0.15, 0.2) is 0 Å². The first kappa shape index (κ1) is 32.2. The van der Waals surface area contributed by atoms with Gasteiger partial charge in [0.25, 0.3) is 0 Å². The highest BCUT2D eigenvalue weighted by atomic mass is 16.6. The fraction of sp³-hybridized carbons (Fsp3) is 0.611. The van der Waals surface area contributed by atoms with E-state index in [1.54, 1.807) is 0 Å². The highest BCUT2D eigenvalue weighted by molar-refractivity contribution is 5.86. The van der Waals surface area contributed by atoms with Crippen LogP contribution in [-0.2, 0) is 32.3 Å². The van der Waals surface area contributed by atoms with Crippen LogP contribution in [0, 0.1) is 0 Å². The van der Waals surface area contributed by atoms with Gasteiger partial charge in [-0.3, -0.25) is 9.98 Å². The van der Waals surface area contributed by atoms with Gasteiger partial charge < -0.3 is 19.7 Å². The predicted molar refractivity (Wildman–Crippen MR) is 173 cm³/mol. The van der Waals surface area contributed by atoms with Crippen LogP contribution >= 0.6 is 0 Å². The molecule has 1 saturated heterocycles. The van der Waals surface area contributed by atoms with E-state index >= 15 is 0 Å². The number of nitrogens with zero attached hydrogens (tertiary/aromatic N) is 2. The van der Waals surface area contributed by atoms with Crippen molar-refractivity contribution in [1.29, 1.82) is 0 Å². The zero-order valence-electron chi connectivity index (χ0n) is 27.3. The van der Waals surface area contributed by atoms with Crippen LogP contribution in [0.15, 0.2) is 34.3 Å². The third-order valence-corrected chi connectivity index (χ3v) is 8.30. The molecular formula is C36H52N2O4. The van der Waals surface area contributed by atoms with Crippen LogP contribution in [0.4, 0.5) is 0 Å². The Morgan fingerprint density at radius 3 is 1.74 bits per heavy atom. The van der Waals surface area contributed by atoms with Gasteiger partial charge in [-0.2, -0.15) is 0 Å². The molecule has 6 heteroatoms. The minimum Gasteiger partial charge on any atom is -0.507 e. The van der Waals surface area contributed by atoms with Gasteiger partial charge in [-0.05, 0) is 58.4 Å². The number of phenolic OH excluding ortho intramolecular Hbond substituents is 2. The number of aliphatic imine (C=N–C) groups is 2. The molecule has 230 valence electrons. The van der Waals surface area contributed by atoms with Crippen molar-refractivity contribution in [2.45, 2.75) is 129 Å². The molecule has 1 unspecified atom stereocenters. The third-order valence-electron chi connectivity index (χ3n) is 8.30. The molecule has 2 aromatic carbocycles. The van der Waals surface area contributed by atoms with Gasteiger partial charge in [-0.15, -0.1) is 0 Å².